The van der Waals surface area contributed by atoms with Crippen molar-refractivity contribution in [3.63, 3.8) is 0 Å². The van der Waals surface area contributed by atoms with Gasteiger partial charge in [0.2, 0.25) is 0 Å². The smallest absolute Gasteiger partial charge is 0.0452 e. The summed E-state index contributed by atoms with van der Waals surface area (Å²) >= 11 is 15.3. The molecule has 0 N–H and O–H groups in total. The molecule has 0 aliphatic carbocycles. The summed E-state index contributed by atoms with van der Waals surface area (Å²) in [5, 5.41) is 2.45. The van der Waals surface area contributed by atoms with Crippen molar-refractivity contribution in [1.29, 1.82) is 0 Å². The molecule has 3 heteroatoms. The second-order valence-electron chi connectivity index (χ2n) is 3.20. The molecular formula is C10H11BrCl2. The molecule has 0 spiro atoms. The van der Waals surface area contributed by atoms with Crippen LogP contribution in [0.1, 0.15) is 12.5 Å². The molecule has 0 saturated carbocycles. The van der Waals surface area contributed by atoms with Gasteiger partial charge in [0.05, 0.1) is 0 Å². The average molecular weight is 282 g/mol. The maximum Gasteiger partial charge on any atom is 0.0452 e. The molecule has 0 aliphatic heterocycles. The molecule has 0 heterocycles. The molecule has 1 atom stereocenters. The van der Waals surface area contributed by atoms with Gasteiger partial charge in [-0.3, -0.25) is 0 Å². The molecule has 0 bridgehead atoms. The molecule has 0 saturated heterocycles. The van der Waals surface area contributed by atoms with E-state index in [1.54, 1.807) is 6.07 Å². The van der Waals surface area contributed by atoms with Gasteiger partial charge >= 0.3 is 0 Å². The molecule has 1 unspecified atom stereocenters. The third-order valence-corrected chi connectivity index (χ3v) is 3.54. The molecule has 1 aromatic rings. The molecule has 13 heavy (non-hydrogen) atoms. The minimum absolute atomic E-state index is 0.596. The monoisotopic (exact) mass is 280 g/mol. The lowest BCUT2D eigenvalue weighted by Crippen LogP contribution is -2.00. The number of benzene rings is 1. The van der Waals surface area contributed by atoms with Crippen molar-refractivity contribution in [3.05, 3.63) is 33.8 Å². The third-order valence-electron chi connectivity index (χ3n) is 1.85. The van der Waals surface area contributed by atoms with Crippen molar-refractivity contribution in [2.45, 2.75) is 13.3 Å². The number of alkyl halides is 1. The second kappa shape index (κ2) is 5.23. The summed E-state index contributed by atoms with van der Waals surface area (Å²) in [6, 6.07) is 5.66. The topological polar surface area (TPSA) is 0 Å². The zero-order valence-corrected chi connectivity index (χ0v) is 10.5. The first kappa shape index (κ1) is 11.4. The van der Waals surface area contributed by atoms with Crippen molar-refractivity contribution in [2.75, 3.05) is 5.33 Å². The first-order valence-electron chi connectivity index (χ1n) is 4.13. The second-order valence-corrected chi connectivity index (χ2v) is 4.69. The highest BCUT2D eigenvalue weighted by molar-refractivity contribution is 9.09. The number of hydrogen-bond donors (Lipinski definition) is 0. The van der Waals surface area contributed by atoms with E-state index < -0.39 is 0 Å². The van der Waals surface area contributed by atoms with Gasteiger partial charge in [-0.05, 0) is 30.0 Å². The maximum atomic E-state index is 6.03. The highest BCUT2D eigenvalue weighted by Gasteiger charge is 2.05. The minimum atomic E-state index is 0.596. The zero-order valence-electron chi connectivity index (χ0n) is 7.36. The fourth-order valence-electron chi connectivity index (χ4n) is 1.12. The lowest BCUT2D eigenvalue weighted by atomic mass is 10.0. The van der Waals surface area contributed by atoms with Gasteiger partial charge in [0.25, 0.3) is 0 Å². The Morgan fingerprint density at radius 1 is 1.38 bits per heavy atom. The summed E-state index contributed by atoms with van der Waals surface area (Å²) in [7, 11) is 0. The van der Waals surface area contributed by atoms with E-state index in [4.69, 9.17) is 23.2 Å². The lowest BCUT2D eigenvalue weighted by molar-refractivity contribution is 0.663. The molecule has 0 radical (unpaired) electrons. The van der Waals surface area contributed by atoms with Crippen LogP contribution in [0.15, 0.2) is 18.2 Å². The van der Waals surface area contributed by atoms with E-state index in [0.29, 0.717) is 10.9 Å². The molecule has 0 amide bonds. The fraction of sp³-hybridized carbons (Fsp3) is 0.400. The van der Waals surface area contributed by atoms with Crippen LogP contribution >= 0.6 is 39.1 Å². The van der Waals surface area contributed by atoms with E-state index in [2.05, 4.69) is 22.9 Å². The standard InChI is InChI=1S/C10H11BrCl2/c1-7(6-11)4-8-2-3-9(12)5-10(8)13/h2-3,5,7H,4,6H2,1H3. The van der Waals surface area contributed by atoms with Crippen molar-refractivity contribution in [1.82, 2.24) is 0 Å². The Morgan fingerprint density at radius 3 is 2.62 bits per heavy atom. The zero-order chi connectivity index (χ0) is 9.84. The lowest BCUT2D eigenvalue weighted by Gasteiger charge is -2.09. The summed E-state index contributed by atoms with van der Waals surface area (Å²) in [6.45, 7) is 2.18. The van der Waals surface area contributed by atoms with Crippen LogP contribution in [0.3, 0.4) is 0 Å². The van der Waals surface area contributed by atoms with E-state index in [0.717, 1.165) is 22.3 Å². The van der Waals surface area contributed by atoms with E-state index in [-0.39, 0.29) is 0 Å². The molecular weight excluding hydrogens is 271 g/mol. The third kappa shape index (κ3) is 3.49. The number of hydrogen-bond acceptors (Lipinski definition) is 0. The highest BCUT2D eigenvalue weighted by Crippen LogP contribution is 2.23. The fourth-order valence-corrected chi connectivity index (χ4v) is 1.83. The van der Waals surface area contributed by atoms with E-state index in [1.807, 2.05) is 12.1 Å². The van der Waals surface area contributed by atoms with Gasteiger partial charge in [-0.2, -0.15) is 0 Å². The summed E-state index contributed by atoms with van der Waals surface area (Å²) in [5.74, 6) is 0.596. The summed E-state index contributed by atoms with van der Waals surface area (Å²) in [6.07, 6.45) is 0.987. The van der Waals surface area contributed by atoms with Crippen molar-refractivity contribution in [3.8, 4) is 0 Å². The van der Waals surface area contributed by atoms with Gasteiger partial charge in [0, 0.05) is 15.4 Å². The Hall–Kier alpha value is 0.280. The highest BCUT2D eigenvalue weighted by atomic mass is 79.9. The molecule has 0 aliphatic rings. The van der Waals surface area contributed by atoms with E-state index in [9.17, 15) is 0 Å². The van der Waals surface area contributed by atoms with Gasteiger partial charge in [-0.25, -0.2) is 0 Å². The maximum absolute atomic E-state index is 6.03. The number of rotatable bonds is 3. The van der Waals surface area contributed by atoms with E-state index >= 15 is 0 Å². The first-order valence-corrected chi connectivity index (χ1v) is 6.01. The Kier molecular flexibility index (Phi) is 4.57. The SMILES string of the molecule is CC(CBr)Cc1ccc(Cl)cc1Cl. The van der Waals surface area contributed by atoms with Crippen molar-refractivity contribution in [2.24, 2.45) is 5.92 Å². The Labute approximate surface area is 97.4 Å². The van der Waals surface area contributed by atoms with Crippen molar-refractivity contribution >= 4 is 39.1 Å². The van der Waals surface area contributed by atoms with Crippen molar-refractivity contribution < 1.29 is 0 Å². The predicted octanol–water partition coefficient (Wildman–Crippen LogP) is 4.57. The van der Waals surface area contributed by atoms with Crippen LogP contribution in [-0.2, 0) is 6.42 Å². The average Bonchev–Trinajstić information content (AvgIpc) is 2.09. The summed E-state index contributed by atoms with van der Waals surface area (Å²) in [5.41, 5.74) is 1.16. The van der Waals surface area contributed by atoms with Gasteiger partial charge in [-0.15, -0.1) is 0 Å². The molecule has 0 fully saturated rings. The Balaban J connectivity index is 2.77. The normalized spacial score (nSPS) is 12.9. The molecule has 0 nitrogen and oxygen atoms in total. The van der Waals surface area contributed by atoms with Crippen LogP contribution < -0.4 is 0 Å². The summed E-state index contributed by atoms with van der Waals surface area (Å²) < 4.78 is 0. The Morgan fingerprint density at radius 2 is 2.08 bits per heavy atom. The Bertz CT molecular complexity index is 286. The predicted molar refractivity (Wildman–Crippen MR) is 63.1 cm³/mol. The molecule has 1 rings (SSSR count). The van der Waals surface area contributed by atoms with Crippen LogP contribution in [0.4, 0.5) is 0 Å². The molecule has 0 aromatic heterocycles. The van der Waals surface area contributed by atoms with Gasteiger partial charge in [0.1, 0.15) is 0 Å². The van der Waals surface area contributed by atoms with Crippen LogP contribution in [-0.4, -0.2) is 5.33 Å². The van der Waals surface area contributed by atoms with Crippen LogP contribution in [0.2, 0.25) is 10.0 Å². The largest absolute Gasteiger partial charge is 0.0925 e. The van der Waals surface area contributed by atoms with E-state index in [1.165, 1.54) is 0 Å². The van der Waals surface area contributed by atoms with Gasteiger partial charge in [0.15, 0.2) is 0 Å². The quantitative estimate of drug-likeness (QED) is 0.712. The molecule has 72 valence electrons. The minimum Gasteiger partial charge on any atom is -0.0925 e. The first-order chi connectivity index (χ1) is 6.13. The van der Waals surface area contributed by atoms with Crippen LogP contribution in [0.25, 0.3) is 0 Å². The molecule has 1 aromatic carbocycles. The van der Waals surface area contributed by atoms with Crippen LogP contribution in [0, 0.1) is 5.92 Å². The van der Waals surface area contributed by atoms with Gasteiger partial charge < -0.3 is 0 Å². The van der Waals surface area contributed by atoms with Crippen LogP contribution in [0.5, 0.6) is 0 Å². The number of halogens is 3. The van der Waals surface area contributed by atoms with Gasteiger partial charge in [-0.1, -0.05) is 52.1 Å². The summed E-state index contributed by atoms with van der Waals surface area (Å²) in [4.78, 5) is 0.